The first-order valence-electron chi connectivity index (χ1n) is 8.14. The van der Waals surface area contributed by atoms with Crippen LogP contribution in [0.1, 0.15) is 16.7 Å². The fourth-order valence-corrected chi connectivity index (χ4v) is 2.47. The number of benzene rings is 2. The van der Waals surface area contributed by atoms with Crippen molar-refractivity contribution in [3.63, 3.8) is 0 Å². The van der Waals surface area contributed by atoms with E-state index >= 15 is 0 Å². The molecule has 3 aromatic rings. The number of ether oxygens (including phenoxy) is 1. The number of hydrogen-bond acceptors (Lipinski definition) is 5. The van der Waals surface area contributed by atoms with Crippen LogP contribution in [0.3, 0.4) is 0 Å². The van der Waals surface area contributed by atoms with E-state index in [1.165, 1.54) is 11.1 Å². The van der Waals surface area contributed by atoms with Crippen molar-refractivity contribution in [3.05, 3.63) is 77.9 Å². The van der Waals surface area contributed by atoms with Gasteiger partial charge in [-0.3, -0.25) is 0 Å². The standard InChI is InChI=1S/C19H21N5O/c1-3-12-24-19(21-22-23-24)20-13-16-9-6-7-11-18(16)25-14-17-10-5-4-8-15(17)2/h3-11H,1,12-14H2,2H3,(H,20,21,23). The van der Waals surface area contributed by atoms with Gasteiger partial charge in [-0.15, -0.1) is 6.58 Å². The van der Waals surface area contributed by atoms with Crippen LogP contribution in [0.25, 0.3) is 0 Å². The van der Waals surface area contributed by atoms with Crippen LogP contribution in [-0.2, 0) is 19.7 Å². The van der Waals surface area contributed by atoms with Gasteiger partial charge < -0.3 is 10.1 Å². The number of anilines is 1. The van der Waals surface area contributed by atoms with E-state index in [9.17, 15) is 0 Å². The van der Waals surface area contributed by atoms with Gasteiger partial charge in [-0.1, -0.05) is 53.6 Å². The second kappa shape index (κ2) is 8.10. The summed E-state index contributed by atoms with van der Waals surface area (Å²) in [5, 5.41) is 14.8. The molecule has 0 aliphatic heterocycles. The van der Waals surface area contributed by atoms with E-state index in [0.29, 0.717) is 25.6 Å². The fourth-order valence-electron chi connectivity index (χ4n) is 2.47. The number of para-hydroxylation sites is 1. The minimum atomic E-state index is 0.540. The zero-order valence-electron chi connectivity index (χ0n) is 14.2. The van der Waals surface area contributed by atoms with E-state index in [1.807, 2.05) is 36.4 Å². The third kappa shape index (κ3) is 4.23. The average molecular weight is 335 g/mol. The summed E-state index contributed by atoms with van der Waals surface area (Å²) in [5.41, 5.74) is 3.45. The summed E-state index contributed by atoms with van der Waals surface area (Å²) >= 11 is 0. The maximum absolute atomic E-state index is 6.04. The molecule has 1 heterocycles. The van der Waals surface area contributed by atoms with Crippen LogP contribution < -0.4 is 10.1 Å². The van der Waals surface area contributed by atoms with Crippen LogP contribution in [0.4, 0.5) is 5.95 Å². The van der Waals surface area contributed by atoms with Crippen LogP contribution in [0.2, 0.25) is 0 Å². The van der Waals surface area contributed by atoms with E-state index in [0.717, 1.165) is 11.3 Å². The molecule has 6 heteroatoms. The van der Waals surface area contributed by atoms with Gasteiger partial charge in [-0.2, -0.15) is 0 Å². The van der Waals surface area contributed by atoms with Gasteiger partial charge in [0.25, 0.3) is 0 Å². The number of aryl methyl sites for hydroxylation is 1. The van der Waals surface area contributed by atoms with Crippen molar-refractivity contribution in [1.82, 2.24) is 20.2 Å². The molecule has 0 radical (unpaired) electrons. The first-order valence-corrected chi connectivity index (χ1v) is 8.14. The summed E-state index contributed by atoms with van der Waals surface area (Å²) < 4.78 is 7.69. The largest absolute Gasteiger partial charge is 0.489 e. The quantitative estimate of drug-likeness (QED) is 0.640. The van der Waals surface area contributed by atoms with Crippen LogP contribution >= 0.6 is 0 Å². The Morgan fingerprint density at radius 2 is 1.88 bits per heavy atom. The van der Waals surface area contributed by atoms with Crippen LogP contribution in [0.5, 0.6) is 5.75 Å². The molecule has 0 saturated carbocycles. The maximum Gasteiger partial charge on any atom is 0.243 e. The van der Waals surface area contributed by atoms with Crippen LogP contribution in [0.15, 0.2) is 61.2 Å². The Hall–Kier alpha value is -3.15. The smallest absolute Gasteiger partial charge is 0.243 e. The van der Waals surface area contributed by atoms with E-state index in [2.05, 4.69) is 46.5 Å². The number of aromatic nitrogens is 4. The van der Waals surface area contributed by atoms with Gasteiger partial charge in [-0.25, -0.2) is 4.68 Å². The zero-order chi connectivity index (χ0) is 17.5. The number of nitrogens with zero attached hydrogens (tertiary/aromatic N) is 4. The molecule has 6 nitrogen and oxygen atoms in total. The van der Waals surface area contributed by atoms with Gasteiger partial charge in [0.2, 0.25) is 5.95 Å². The molecular formula is C19H21N5O. The SMILES string of the molecule is C=CCn1nnnc1NCc1ccccc1OCc1ccccc1C. The molecule has 0 unspecified atom stereocenters. The van der Waals surface area contributed by atoms with Crippen LogP contribution in [-0.4, -0.2) is 20.2 Å². The summed E-state index contributed by atoms with van der Waals surface area (Å²) in [6.07, 6.45) is 1.75. The van der Waals surface area contributed by atoms with E-state index in [1.54, 1.807) is 10.8 Å². The molecule has 0 spiro atoms. The van der Waals surface area contributed by atoms with Crippen molar-refractivity contribution in [1.29, 1.82) is 0 Å². The molecule has 0 saturated heterocycles. The lowest BCUT2D eigenvalue weighted by Gasteiger charge is -2.13. The summed E-state index contributed by atoms with van der Waals surface area (Å²) in [6, 6.07) is 16.2. The highest BCUT2D eigenvalue weighted by molar-refractivity contribution is 5.37. The molecule has 0 aliphatic rings. The Labute approximate surface area is 147 Å². The topological polar surface area (TPSA) is 64.9 Å². The number of tetrazole rings is 1. The monoisotopic (exact) mass is 335 g/mol. The average Bonchev–Trinajstić information content (AvgIpc) is 3.07. The first kappa shape index (κ1) is 16.7. The number of rotatable bonds is 8. The Morgan fingerprint density at radius 1 is 1.12 bits per heavy atom. The van der Waals surface area contributed by atoms with Gasteiger partial charge in [0.15, 0.2) is 0 Å². The summed E-state index contributed by atoms with van der Waals surface area (Å²) in [6.45, 7) is 7.46. The molecule has 0 amide bonds. The molecule has 0 atom stereocenters. The maximum atomic E-state index is 6.04. The van der Waals surface area contributed by atoms with E-state index < -0.39 is 0 Å². The Morgan fingerprint density at radius 3 is 2.68 bits per heavy atom. The highest BCUT2D eigenvalue weighted by atomic mass is 16.5. The van der Waals surface area contributed by atoms with E-state index in [4.69, 9.17) is 4.74 Å². The van der Waals surface area contributed by atoms with Crippen LogP contribution in [0, 0.1) is 6.92 Å². The van der Waals surface area contributed by atoms with Gasteiger partial charge in [0.1, 0.15) is 12.4 Å². The van der Waals surface area contributed by atoms with Crippen molar-refractivity contribution in [2.24, 2.45) is 0 Å². The van der Waals surface area contributed by atoms with Crippen molar-refractivity contribution in [3.8, 4) is 5.75 Å². The lowest BCUT2D eigenvalue weighted by molar-refractivity contribution is 0.302. The third-order valence-electron chi connectivity index (χ3n) is 3.89. The molecule has 1 aromatic heterocycles. The summed E-state index contributed by atoms with van der Waals surface area (Å²) in [5.74, 6) is 1.45. The lowest BCUT2D eigenvalue weighted by atomic mass is 10.1. The molecular weight excluding hydrogens is 314 g/mol. The Kier molecular flexibility index (Phi) is 5.41. The normalized spacial score (nSPS) is 10.4. The molecule has 1 N–H and O–H groups in total. The number of hydrogen-bond donors (Lipinski definition) is 1. The predicted molar refractivity (Wildman–Crippen MR) is 97.3 cm³/mol. The molecule has 0 aliphatic carbocycles. The van der Waals surface area contributed by atoms with Crippen molar-refractivity contribution in [2.75, 3.05) is 5.32 Å². The Balaban J connectivity index is 1.67. The second-order valence-corrected chi connectivity index (χ2v) is 5.65. The molecule has 128 valence electrons. The highest BCUT2D eigenvalue weighted by Crippen LogP contribution is 2.21. The fraction of sp³-hybridized carbons (Fsp3) is 0.211. The first-order chi connectivity index (χ1) is 12.3. The van der Waals surface area contributed by atoms with Crippen molar-refractivity contribution >= 4 is 5.95 Å². The van der Waals surface area contributed by atoms with Crippen molar-refractivity contribution < 1.29 is 4.74 Å². The lowest BCUT2D eigenvalue weighted by Crippen LogP contribution is -2.09. The zero-order valence-corrected chi connectivity index (χ0v) is 14.2. The van der Waals surface area contributed by atoms with Gasteiger partial charge in [0.05, 0.1) is 6.54 Å². The Bertz CT molecular complexity index is 843. The number of allylic oxidation sites excluding steroid dienone is 1. The summed E-state index contributed by atoms with van der Waals surface area (Å²) in [7, 11) is 0. The second-order valence-electron chi connectivity index (χ2n) is 5.65. The third-order valence-corrected chi connectivity index (χ3v) is 3.89. The van der Waals surface area contributed by atoms with Gasteiger partial charge in [-0.05, 0) is 34.5 Å². The number of nitrogens with one attached hydrogen (secondary N) is 1. The van der Waals surface area contributed by atoms with E-state index in [-0.39, 0.29) is 0 Å². The van der Waals surface area contributed by atoms with Crippen molar-refractivity contribution in [2.45, 2.75) is 26.6 Å². The predicted octanol–water partition coefficient (Wildman–Crippen LogP) is 3.36. The molecule has 0 bridgehead atoms. The molecule has 0 fully saturated rings. The van der Waals surface area contributed by atoms with Gasteiger partial charge >= 0.3 is 0 Å². The minimum Gasteiger partial charge on any atom is -0.489 e. The summed E-state index contributed by atoms with van der Waals surface area (Å²) in [4.78, 5) is 0. The highest BCUT2D eigenvalue weighted by Gasteiger charge is 2.08. The molecule has 2 aromatic carbocycles. The minimum absolute atomic E-state index is 0.540. The van der Waals surface area contributed by atoms with Gasteiger partial charge in [0, 0.05) is 12.1 Å². The molecule has 3 rings (SSSR count). The molecule has 25 heavy (non-hydrogen) atoms.